The molecule has 0 atom stereocenters. The molecule has 0 aliphatic rings. The Morgan fingerprint density at radius 2 is 1.86 bits per heavy atom. The van der Waals surface area contributed by atoms with Crippen LogP contribution in [0.15, 0.2) is 36.4 Å². The fraction of sp³-hybridized carbons (Fsp3) is 0.133. The second kappa shape index (κ2) is 5.58. The van der Waals surface area contributed by atoms with Gasteiger partial charge < -0.3 is 9.55 Å². The van der Waals surface area contributed by atoms with Crippen LogP contribution in [0, 0.1) is 16.4 Å². The molecule has 0 aliphatic carbocycles. The van der Waals surface area contributed by atoms with Crippen LogP contribution in [0.25, 0.3) is 11.0 Å². The van der Waals surface area contributed by atoms with Gasteiger partial charge in [-0.2, -0.15) is 0 Å². The highest BCUT2D eigenvalue weighted by Gasteiger charge is 2.08. The molecule has 1 heterocycles. The second-order valence-corrected chi connectivity index (χ2v) is 5.54. The predicted octanol–water partition coefficient (Wildman–Crippen LogP) is 4.87. The topological polar surface area (TPSA) is 20.7 Å². The number of aromatic nitrogens is 2. The number of hydrogen-bond donors (Lipinski definition) is 1. The molecular weight excluding hydrogens is 314 g/mol. The molecule has 0 radical (unpaired) electrons. The number of nitrogens with zero attached hydrogens (tertiary/aromatic N) is 1. The van der Waals surface area contributed by atoms with E-state index in [4.69, 9.17) is 23.8 Å². The zero-order valence-corrected chi connectivity index (χ0v) is 12.4. The lowest BCUT2D eigenvalue weighted by Gasteiger charge is -2.06. The third-order valence-corrected chi connectivity index (χ3v) is 3.92. The highest BCUT2D eigenvalue weighted by atomic mass is 35.5. The number of halogens is 3. The van der Waals surface area contributed by atoms with Crippen molar-refractivity contribution in [3.8, 4) is 0 Å². The Balaban J connectivity index is 1.95. The summed E-state index contributed by atoms with van der Waals surface area (Å²) in [5, 5.41) is 0.588. The molecule has 3 aromatic rings. The van der Waals surface area contributed by atoms with Crippen molar-refractivity contribution in [2.24, 2.45) is 0 Å². The van der Waals surface area contributed by atoms with E-state index >= 15 is 0 Å². The molecule has 2 aromatic carbocycles. The SMILES string of the molecule is Fc1cc(F)cc(CCn2c(=S)[nH]c3cccc(Cl)c32)c1. The van der Waals surface area contributed by atoms with Gasteiger partial charge in [-0.05, 0) is 48.5 Å². The first-order valence-corrected chi connectivity index (χ1v) is 7.15. The molecule has 1 N–H and O–H groups in total. The van der Waals surface area contributed by atoms with Crippen molar-refractivity contribution in [2.75, 3.05) is 0 Å². The van der Waals surface area contributed by atoms with Gasteiger partial charge in [0.05, 0.1) is 16.1 Å². The van der Waals surface area contributed by atoms with Crippen LogP contribution in [0.2, 0.25) is 5.02 Å². The maximum Gasteiger partial charge on any atom is 0.178 e. The van der Waals surface area contributed by atoms with Crippen molar-refractivity contribution < 1.29 is 8.78 Å². The van der Waals surface area contributed by atoms with Gasteiger partial charge in [0.2, 0.25) is 0 Å². The Morgan fingerprint density at radius 1 is 1.14 bits per heavy atom. The van der Waals surface area contributed by atoms with Crippen molar-refractivity contribution in [1.82, 2.24) is 9.55 Å². The van der Waals surface area contributed by atoms with Crippen LogP contribution >= 0.6 is 23.8 Å². The first-order chi connectivity index (χ1) is 10.0. The maximum absolute atomic E-state index is 13.2. The molecule has 0 aliphatic heterocycles. The van der Waals surface area contributed by atoms with Crippen LogP contribution in [0.3, 0.4) is 0 Å². The minimum atomic E-state index is -0.578. The fourth-order valence-electron chi connectivity index (χ4n) is 2.38. The molecule has 0 unspecified atom stereocenters. The molecular formula is C15H11ClF2N2S. The number of hydrogen-bond acceptors (Lipinski definition) is 1. The third kappa shape index (κ3) is 2.84. The van der Waals surface area contributed by atoms with E-state index in [1.54, 1.807) is 6.07 Å². The Morgan fingerprint density at radius 3 is 2.57 bits per heavy atom. The van der Waals surface area contributed by atoms with Crippen molar-refractivity contribution >= 4 is 34.9 Å². The number of imidazole rings is 1. The average molecular weight is 325 g/mol. The number of benzene rings is 2. The number of rotatable bonds is 3. The van der Waals surface area contributed by atoms with Gasteiger partial charge in [-0.1, -0.05) is 17.7 Å². The molecule has 0 saturated carbocycles. The van der Waals surface area contributed by atoms with E-state index in [-0.39, 0.29) is 0 Å². The normalized spacial score (nSPS) is 11.2. The lowest BCUT2D eigenvalue weighted by atomic mass is 10.1. The van der Waals surface area contributed by atoms with E-state index in [1.807, 2.05) is 16.7 Å². The highest BCUT2D eigenvalue weighted by Crippen LogP contribution is 2.23. The summed E-state index contributed by atoms with van der Waals surface area (Å²) in [7, 11) is 0. The average Bonchev–Trinajstić information content (AvgIpc) is 2.72. The first-order valence-electron chi connectivity index (χ1n) is 6.36. The largest absolute Gasteiger partial charge is 0.331 e. The number of H-pyrrole nitrogens is 1. The first kappa shape index (κ1) is 14.2. The van der Waals surface area contributed by atoms with Crippen LogP contribution in [-0.4, -0.2) is 9.55 Å². The van der Waals surface area contributed by atoms with Crippen molar-refractivity contribution in [1.29, 1.82) is 0 Å². The maximum atomic E-state index is 13.2. The number of fused-ring (bicyclic) bond motifs is 1. The summed E-state index contributed by atoms with van der Waals surface area (Å²) in [5.74, 6) is -1.16. The zero-order chi connectivity index (χ0) is 15.0. The highest BCUT2D eigenvalue weighted by molar-refractivity contribution is 7.71. The molecule has 21 heavy (non-hydrogen) atoms. The Labute approximate surface area is 130 Å². The van der Waals surface area contributed by atoms with Crippen molar-refractivity contribution in [2.45, 2.75) is 13.0 Å². The van der Waals surface area contributed by atoms with Gasteiger partial charge in [0.25, 0.3) is 0 Å². The van der Waals surface area contributed by atoms with Gasteiger partial charge in [0, 0.05) is 12.6 Å². The van der Waals surface area contributed by atoms with Crippen LogP contribution in [0.1, 0.15) is 5.56 Å². The van der Waals surface area contributed by atoms with E-state index in [9.17, 15) is 8.78 Å². The van der Waals surface area contributed by atoms with E-state index in [2.05, 4.69) is 4.98 Å². The molecule has 1 aromatic heterocycles. The molecule has 0 fully saturated rings. The standard InChI is InChI=1S/C15H11ClF2N2S/c16-12-2-1-3-13-14(12)20(15(21)19-13)5-4-9-6-10(17)8-11(18)7-9/h1-3,6-8H,4-5H2,(H,19,21). The summed E-state index contributed by atoms with van der Waals surface area (Å²) in [6, 6.07) is 9.01. The summed E-state index contributed by atoms with van der Waals surface area (Å²) < 4.78 is 28.8. The van der Waals surface area contributed by atoms with Crippen LogP contribution < -0.4 is 0 Å². The Bertz CT molecular complexity index is 849. The number of para-hydroxylation sites is 1. The molecule has 2 nitrogen and oxygen atoms in total. The fourth-order valence-corrected chi connectivity index (χ4v) is 2.95. The molecule has 0 bridgehead atoms. The van der Waals surface area contributed by atoms with Gasteiger partial charge in [-0.25, -0.2) is 8.78 Å². The lowest BCUT2D eigenvalue weighted by molar-refractivity contribution is 0.577. The third-order valence-electron chi connectivity index (χ3n) is 3.29. The molecule has 0 amide bonds. The summed E-state index contributed by atoms with van der Waals surface area (Å²) in [5.41, 5.74) is 2.23. The van der Waals surface area contributed by atoms with E-state index in [0.29, 0.717) is 28.3 Å². The van der Waals surface area contributed by atoms with Gasteiger partial charge in [0.15, 0.2) is 4.77 Å². The molecule has 0 saturated heterocycles. The molecule has 3 rings (SSSR count). The lowest BCUT2D eigenvalue weighted by Crippen LogP contribution is -2.02. The van der Waals surface area contributed by atoms with Crippen molar-refractivity contribution in [3.05, 3.63) is 63.4 Å². The molecule has 108 valence electrons. The molecule has 0 spiro atoms. The van der Waals surface area contributed by atoms with Gasteiger partial charge in [0.1, 0.15) is 11.6 Å². The van der Waals surface area contributed by atoms with E-state index in [0.717, 1.165) is 17.1 Å². The Kier molecular flexibility index (Phi) is 3.78. The summed E-state index contributed by atoms with van der Waals surface area (Å²) >= 11 is 11.5. The smallest absolute Gasteiger partial charge is 0.178 e. The van der Waals surface area contributed by atoms with Crippen LogP contribution in [0.5, 0.6) is 0 Å². The minimum Gasteiger partial charge on any atom is -0.331 e. The summed E-state index contributed by atoms with van der Waals surface area (Å²) in [6.45, 7) is 0.492. The minimum absolute atomic E-state index is 0.459. The van der Waals surface area contributed by atoms with E-state index in [1.165, 1.54) is 12.1 Å². The summed E-state index contributed by atoms with van der Waals surface area (Å²) in [4.78, 5) is 3.07. The summed E-state index contributed by atoms with van der Waals surface area (Å²) in [6.07, 6.45) is 0.459. The monoisotopic (exact) mass is 324 g/mol. The van der Waals surface area contributed by atoms with Crippen LogP contribution in [0.4, 0.5) is 8.78 Å². The number of aryl methyl sites for hydroxylation is 2. The Hall–Kier alpha value is -1.72. The van der Waals surface area contributed by atoms with Gasteiger partial charge in [-0.3, -0.25) is 0 Å². The van der Waals surface area contributed by atoms with Gasteiger partial charge in [-0.15, -0.1) is 0 Å². The zero-order valence-electron chi connectivity index (χ0n) is 10.9. The van der Waals surface area contributed by atoms with E-state index < -0.39 is 11.6 Å². The second-order valence-electron chi connectivity index (χ2n) is 4.75. The van der Waals surface area contributed by atoms with Crippen molar-refractivity contribution in [3.63, 3.8) is 0 Å². The molecule has 6 heteroatoms. The number of aromatic amines is 1. The van der Waals surface area contributed by atoms with Gasteiger partial charge >= 0.3 is 0 Å². The predicted molar refractivity (Wildman–Crippen MR) is 82.2 cm³/mol. The number of nitrogens with one attached hydrogen (secondary N) is 1. The van der Waals surface area contributed by atoms with Crippen LogP contribution in [-0.2, 0) is 13.0 Å². The quantitative estimate of drug-likeness (QED) is 0.681.